The number of rotatable bonds is 2. The fourth-order valence-electron chi connectivity index (χ4n) is 1.74. The molecule has 2 aromatic carbocycles. The Morgan fingerprint density at radius 3 is 2.56 bits per heavy atom. The monoisotopic (exact) mass is 262 g/mol. The number of carbonyl (C=O) groups is 1. The van der Waals surface area contributed by atoms with Gasteiger partial charge >= 0.3 is 0 Å². The lowest BCUT2D eigenvalue weighted by atomic mass is 9.98. The third kappa shape index (κ3) is 2.29. The standard InChI is InChI=1S/C15H12ClFO/c1-9-6-7-11(8-14(9)17)15(18)12-4-3-5-13(16)10(12)2/h3-8H,1-2H3. The smallest absolute Gasteiger partial charge is 0.193 e. The van der Waals surface area contributed by atoms with E-state index in [0.717, 1.165) is 0 Å². The van der Waals surface area contributed by atoms with Crippen molar-refractivity contribution in [3.05, 3.63) is 69.5 Å². The highest BCUT2D eigenvalue weighted by Gasteiger charge is 2.14. The number of aryl methyl sites for hydroxylation is 1. The number of hydrogen-bond acceptors (Lipinski definition) is 1. The third-order valence-electron chi connectivity index (χ3n) is 2.95. The average molecular weight is 263 g/mol. The van der Waals surface area contributed by atoms with Gasteiger partial charge in [0.15, 0.2) is 5.78 Å². The van der Waals surface area contributed by atoms with E-state index in [2.05, 4.69) is 0 Å². The molecule has 2 rings (SSSR count). The summed E-state index contributed by atoms with van der Waals surface area (Å²) in [6, 6.07) is 9.62. The number of hydrogen-bond donors (Lipinski definition) is 0. The summed E-state index contributed by atoms with van der Waals surface area (Å²) in [7, 11) is 0. The van der Waals surface area contributed by atoms with E-state index in [1.54, 1.807) is 44.2 Å². The van der Waals surface area contributed by atoms with Crippen LogP contribution in [0.15, 0.2) is 36.4 Å². The van der Waals surface area contributed by atoms with E-state index < -0.39 is 0 Å². The molecule has 18 heavy (non-hydrogen) atoms. The molecule has 0 saturated heterocycles. The SMILES string of the molecule is Cc1ccc(C(=O)c2cccc(Cl)c2C)cc1F. The topological polar surface area (TPSA) is 17.1 Å². The van der Waals surface area contributed by atoms with Crippen molar-refractivity contribution in [2.75, 3.05) is 0 Å². The Bertz CT molecular complexity index is 620. The predicted octanol–water partition coefficient (Wildman–Crippen LogP) is 4.33. The maximum absolute atomic E-state index is 13.5. The maximum atomic E-state index is 13.5. The molecule has 0 bridgehead atoms. The molecular formula is C15H12ClFO. The molecule has 92 valence electrons. The zero-order chi connectivity index (χ0) is 13.3. The predicted molar refractivity (Wildman–Crippen MR) is 70.8 cm³/mol. The van der Waals surface area contributed by atoms with Crippen LogP contribution in [-0.2, 0) is 0 Å². The molecule has 0 saturated carbocycles. The molecule has 0 aromatic heterocycles. The molecule has 0 fully saturated rings. The Labute approximate surface area is 110 Å². The highest BCUT2D eigenvalue weighted by Crippen LogP contribution is 2.22. The number of carbonyl (C=O) groups excluding carboxylic acids is 1. The maximum Gasteiger partial charge on any atom is 0.193 e. The van der Waals surface area contributed by atoms with Crippen molar-refractivity contribution < 1.29 is 9.18 Å². The minimum atomic E-state index is -0.375. The molecule has 0 atom stereocenters. The summed E-state index contributed by atoms with van der Waals surface area (Å²) < 4.78 is 13.5. The molecular weight excluding hydrogens is 251 g/mol. The fraction of sp³-hybridized carbons (Fsp3) is 0.133. The normalized spacial score (nSPS) is 10.4. The molecule has 0 amide bonds. The highest BCUT2D eigenvalue weighted by atomic mass is 35.5. The van der Waals surface area contributed by atoms with Crippen LogP contribution in [0.3, 0.4) is 0 Å². The van der Waals surface area contributed by atoms with Gasteiger partial charge in [0, 0.05) is 16.1 Å². The highest BCUT2D eigenvalue weighted by molar-refractivity contribution is 6.32. The van der Waals surface area contributed by atoms with Crippen LogP contribution in [0.4, 0.5) is 4.39 Å². The number of benzene rings is 2. The van der Waals surface area contributed by atoms with Crippen molar-refractivity contribution in [3.63, 3.8) is 0 Å². The first-order chi connectivity index (χ1) is 8.50. The Hall–Kier alpha value is -1.67. The van der Waals surface area contributed by atoms with Crippen molar-refractivity contribution in [1.29, 1.82) is 0 Å². The zero-order valence-electron chi connectivity index (χ0n) is 10.1. The summed E-state index contributed by atoms with van der Waals surface area (Å²) in [5.41, 5.74) is 2.08. The third-order valence-corrected chi connectivity index (χ3v) is 3.36. The van der Waals surface area contributed by atoms with Crippen molar-refractivity contribution in [3.8, 4) is 0 Å². The molecule has 0 N–H and O–H groups in total. The van der Waals surface area contributed by atoms with Crippen LogP contribution >= 0.6 is 11.6 Å². The minimum Gasteiger partial charge on any atom is -0.289 e. The van der Waals surface area contributed by atoms with Gasteiger partial charge in [0.05, 0.1) is 0 Å². The minimum absolute atomic E-state index is 0.214. The molecule has 0 unspecified atom stereocenters. The van der Waals surface area contributed by atoms with Gasteiger partial charge in [-0.25, -0.2) is 4.39 Å². The van der Waals surface area contributed by atoms with Gasteiger partial charge < -0.3 is 0 Å². The van der Waals surface area contributed by atoms with Crippen LogP contribution < -0.4 is 0 Å². The second-order valence-corrected chi connectivity index (χ2v) is 4.61. The van der Waals surface area contributed by atoms with Crippen molar-refractivity contribution in [2.45, 2.75) is 13.8 Å². The lowest BCUT2D eigenvalue weighted by Crippen LogP contribution is -2.04. The fourth-order valence-corrected chi connectivity index (χ4v) is 1.92. The van der Waals surface area contributed by atoms with Crippen LogP contribution in [-0.4, -0.2) is 5.78 Å². The van der Waals surface area contributed by atoms with E-state index in [9.17, 15) is 9.18 Å². The summed E-state index contributed by atoms with van der Waals surface area (Å²) in [5, 5.41) is 0.536. The van der Waals surface area contributed by atoms with Gasteiger partial charge in [0.2, 0.25) is 0 Å². The summed E-state index contributed by atoms with van der Waals surface area (Å²) in [6.45, 7) is 3.44. The Morgan fingerprint density at radius 1 is 1.17 bits per heavy atom. The number of ketones is 1. The van der Waals surface area contributed by atoms with Gasteiger partial charge in [0.1, 0.15) is 5.82 Å². The van der Waals surface area contributed by atoms with Crippen molar-refractivity contribution in [2.24, 2.45) is 0 Å². The van der Waals surface area contributed by atoms with Crippen LogP contribution in [0, 0.1) is 19.7 Å². The van der Waals surface area contributed by atoms with E-state index in [4.69, 9.17) is 11.6 Å². The lowest BCUT2D eigenvalue weighted by molar-refractivity contribution is 0.103. The summed E-state index contributed by atoms with van der Waals surface area (Å²) in [6.07, 6.45) is 0. The van der Waals surface area contributed by atoms with E-state index in [0.29, 0.717) is 27.3 Å². The summed E-state index contributed by atoms with van der Waals surface area (Å²) in [4.78, 5) is 12.3. The van der Waals surface area contributed by atoms with E-state index in [1.807, 2.05) is 0 Å². The van der Waals surface area contributed by atoms with Crippen LogP contribution in [0.5, 0.6) is 0 Å². The molecule has 1 nitrogen and oxygen atoms in total. The van der Waals surface area contributed by atoms with Crippen LogP contribution in [0.2, 0.25) is 5.02 Å². The molecule has 0 spiro atoms. The van der Waals surface area contributed by atoms with Gasteiger partial charge in [-0.3, -0.25) is 4.79 Å². The number of halogens is 2. The van der Waals surface area contributed by atoms with E-state index >= 15 is 0 Å². The van der Waals surface area contributed by atoms with E-state index in [-0.39, 0.29) is 11.6 Å². The van der Waals surface area contributed by atoms with Gasteiger partial charge in [0.25, 0.3) is 0 Å². The summed E-state index contributed by atoms with van der Waals surface area (Å²) >= 11 is 5.98. The second-order valence-electron chi connectivity index (χ2n) is 4.21. The first-order valence-electron chi connectivity index (χ1n) is 5.56. The largest absolute Gasteiger partial charge is 0.289 e. The Morgan fingerprint density at radius 2 is 1.89 bits per heavy atom. The molecule has 0 aliphatic rings. The van der Waals surface area contributed by atoms with Crippen molar-refractivity contribution >= 4 is 17.4 Å². The summed E-state index contributed by atoms with van der Waals surface area (Å²) in [5.74, 6) is -0.588. The molecule has 0 aliphatic heterocycles. The second kappa shape index (κ2) is 4.91. The van der Waals surface area contributed by atoms with Gasteiger partial charge in [-0.05, 0) is 37.1 Å². The Balaban J connectivity index is 2.48. The van der Waals surface area contributed by atoms with E-state index in [1.165, 1.54) is 6.07 Å². The quantitative estimate of drug-likeness (QED) is 0.737. The van der Waals surface area contributed by atoms with Crippen LogP contribution in [0.1, 0.15) is 27.0 Å². The first-order valence-corrected chi connectivity index (χ1v) is 5.94. The zero-order valence-corrected chi connectivity index (χ0v) is 10.9. The Kier molecular flexibility index (Phi) is 3.48. The van der Waals surface area contributed by atoms with Gasteiger partial charge in [-0.1, -0.05) is 35.9 Å². The average Bonchev–Trinajstić information content (AvgIpc) is 2.35. The van der Waals surface area contributed by atoms with Crippen LogP contribution in [0.25, 0.3) is 0 Å². The molecule has 0 aliphatic carbocycles. The molecule has 0 heterocycles. The van der Waals surface area contributed by atoms with Gasteiger partial charge in [-0.15, -0.1) is 0 Å². The molecule has 2 aromatic rings. The van der Waals surface area contributed by atoms with Crippen molar-refractivity contribution in [1.82, 2.24) is 0 Å². The van der Waals surface area contributed by atoms with Gasteiger partial charge in [-0.2, -0.15) is 0 Å². The molecule has 3 heteroatoms. The lowest BCUT2D eigenvalue weighted by Gasteiger charge is -2.07. The molecule has 0 radical (unpaired) electrons. The first kappa shape index (κ1) is 12.8.